The summed E-state index contributed by atoms with van der Waals surface area (Å²) in [5, 5.41) is 8.72. The van der Waals surface area contributed by atoms with Crippen molar-refractivity contribution in [3.8, 4) is 0 Å². The Hall–Kier alpha value is -0.970. The SMILES string of the molecule is Cc1cc(Br)c(F)c(C(C)C(=O)O)c1F. The molecule has 0 saturated carbocycles. The summed E-state index contributed by atoms with van der Waals surface area (Å²) in [7, 11) is 0. The first-order chi connectivity index (χ1) is 6.86. The fraction of sp³-hybridized carbons (Fsp3) is 0.300. The first kappa shape index (κ1) is 12.1. The minimum Gasteiger partial charge on any atom is -0.481 e. The van der Waals surface area contributed by atoms with Gasteiger partial charge in [0, 0.05) is 5.56 Å². The Bertz CT molecular complexity index is 392. The summed E-state index contributed by atoms with van der Waals surface area (Å²) in [4.78, 5) is 10.7. The van der Waals surface area contributed by atoms with E-state index in [1.165, 1.54) is 19.9 Å². The van der Waals surface area contributed by atoms with E-state index in [9.17, 15) is 13.6 Å². The second-order valence-electron chi connectivity index (χ2n) is 3.28. The van der Waals surface area contributed by atoms with Crippen LogP contribution >= 0.6 is 15.9 Å². The van der Waals surface area contributed by atoms with Crippen molar-refractivity contribution in [2.75, 3.05) is 0 Å². The molecule has 0 spiro atoms. The summed E-state index contributed by atoms with van der Waals surface area (Å²) < 4.78 is 27.1. The Kier molecular flexibility index (Phi) is 3.44. The van der Waals surface area contributed by atoms with Crippen LogP contribution in [0.25, 0.3) is 0 Å². The van der Waals surface area contributed by atoms with Crippen molar-refractivity contribution >= 4 is 21.9 Å². The molecular formula is C10H9BrF2O2. The van der Waals surface area contributed by atoms with Crippen molar-refractivity contribution in [3.63, 3.8) is 0 Å². The average molecular weight is 279 g/mol. The topological polar surface area (TPSA) is 37.3 Å². The molecular weight excluding hydrogens is 270 g/mol. The fourth-order valence-electron chi connectivity index (χ4n) is 1.26. The largest absolute Gasteiger partial charge is 0.481 e. The molecule has 0 saturated heterocycles. The lowest BCUT2D eigenvalue weighted by Crippen LogP contribution is -2.12. The van der Waals surface area contributed by atoms with Gasteiger partial charge in [-0.1, -0.05) is 0 Å². The third-order valence-electron chi connectivity index (χ3n) is 2.18. The van der Waals surface area contributed by atoms with E-state index in [4.69, 9.17) is 5.11 Å². The number of carboxylic acid groups (broad SMARTS) is 1. The fourth-order valence-corrected chi connectivity index (χ4v) is 1.81. The maximum absolute atomic E-state index is 13.5. The minimum absolute atomic E-state index is 0.0736. The molecule has 0 aliphatic rings. The summed E-state index contributed by atoms with van der Waals surface area (Å²) >= 11 is 2.91. The molecule has 15 heavy (non-hydrogen) atoms. The summed E-state index contributed by atoms with van der Waals surface area (Å²) in [6.07, 6.45) is 0. The van der Waals surface area contributed by atoms with Crippen molar-refractivity contribution in [1.29, 1.82) is 0 Å². The zero-order chi connectivity index (χ0) is 11.7. The zero-order valence-electron chi connectivity index (χ0n) is 8.14. The van der Waals surface area contributed by atoms with E-state index in [1.807, 2.05) is 0 Å². The number of hydrogen-bond acceptors (Lipinski definition) is 1. The lowest BCUT2D eigenvalue weighted by molar-refractivity contribution is -0.138. The highest BCUT2D eigenvalue weighted by atomic mass is 79.9. The maximum Gasteiger partial charge on any atom is 0.310 e. The molecule has 0 amide bonds. The molecule has 1 aromatic rings. The molecule has 0 heterocycles. The van der Waals surface area contributed by atoms with Crippen LogP contribution in [0.2, 0.25) is 0 Å². The van der Waals surface area contributed by atoms with Gasteiger partial charge in [-0.2, -0.15) is 0 Å². The number of halogens is 3. The van der Waals surface area contributed by atoms with Gasteiger partial charge in [-0.15, -0.1) is 0 Å². The number of hydrogen-bond donors (Lipinski definition) is 1. The molecule has 0 radical (unpaired) electrons. The quantitative estimate of drug-likeness (QED) is 0.844. The Labute approximate surface area is 94.0 Å². The lowest BCUT2D eigenvalue weighted by atomic mass is 9.98. The van der Waals surface area contributed by atoms with Gasteiger partial charge in [0.25, 0.3) is 0 Å². The molecule has 1 rings (SSSR count). The van der Waals surface area contributed by atoms with E-state index in [0.29, 0.717) is 0 Å². The predicted octanol–water partition coefficient (Wildman–Crippen LogP) is 3.22. The molecule has 1 aromatic carbocycles. The van der Waals surface area contributed by atoms with Gasteiger partial charge in [0.15, 0.2) is 0 Å². The van der Waals surface area contributed by atoms with Crippen LogP contribution < -0.4 is 0 Å². The number of benzene rings is 1. The highest BCUT2D eigenvalue weighted by Gasteiger charge is 2.25. The first-order valence-electron chi connectivity index (χ1n) is 4.23. The van der Waals surface area contributed by atoms with Crippen LogP contribution in [-0.2, 0) is 4.79 Å². The van der Waals surface area contributed by atoms with Gasteiger partial charge in [0.05, 0.1) is 10.4 Å². The third-order valence-corrected chi connectivity index (χ3v) is 2.75. The van der Waals surface area contributed by atoms with Crippen molar-refractivity contribution < 1.29 is 18.7 Å². The summed E-state index contributed by atoms with van der Waals surface area (Å²) in [5.74, 6) is -4.12. The first-order valence-corrected chi connectivity index (χ1v) is 5.02. The smallest absolute Gasteiger partial charge is 0.310 e. The normalized spacial score (nSPS) is 12.6. The monoisotopic (exact) mass is 278 g/mol. The summed E-state index contributed by atoms with van der Waals surface area (Å²) in [6.45, 7) is 2.70. The van der Waals surface area contributed by atoms with E-state index >= 15 is 0 Å². The van der Waals surface area contributed by atoms with E-state index in [1.54, 1.807) is 0 Å². The second-order valence-corrected chi connectivity index (χ2v) is 4.13. The highest BCUT2D eigenvalue weighted by molar-refractivity contribution is 9.10. The van der Waals surface area contributed by atoms with Gasteiger partial charge in [0.2, 0.25) is 0 Å². The van der Waals surface area contributed by atoms with E-state index in [2.05, 4.69) is 15.9 Å². The number of rotatable bonds is 2. The van der Waals surface area contributed by atoms with Crippen LogP contribution in [0.4, 0.5) is 8.78 Å². The van der Waals surface area contributed by atoms with Crippen molar-refractivity contribution in [2.45, 2.75) is 19.8 Å². The van der Waals surface area contributed by atoms with Crippen LogP contribution in [0, 0.1) is 18.6 Å². The molecule has 2 nitrogen and oxygen atoms in total. The lowest BCUT2D eigenvalue weighted by Gasteiger charge is -2.12. The van der Waals surface area contributed by atoms with Crippen LogP contribution in [-0.4, -0.2) is 11.1 Å². The second kappa shape index (κ2) is 4.26. The van der Waals surface area contributed by atoms with Gasteiger partial charge >= 0.3 is 5.97 Å². The Balaban J connectivity index is 3.45. The molecule has 1 N–H and O–H groups in total. The third kappa shape index (κ3) is 2.17. The van der Waals surface area contributed by atoms with E-state index < -0.39 is 29.1 Å². The molecule has 0 fully saturated rings. The Morgan fingerprint density at radius 2 is 2.00 bits per heavy atom. The number of aliphatic carboxylic acids is 1. The number of carbonyl (C=O) groups is 1. The average Bonchev–Trinajstić information content (AvgIpc) is 2.15. The molecule has 1 atom stereocenters. The standard InChI is InChI=1S/C10H9BrF2O2/c1-4-3-6(11)9(13)7(8(4)12)5(2)10(14)15/h3,5H,1-2H3,(H,14,15). The van der Waals surface area contributed by atoms with Crippen LogP contribution in [0.5, 0.6) is 0 Å². The zero-order valence-corrected chi connectivity index (χ0v) is 9.73. The van der Waals surface area contributed by atoms with Crippen molar-refractivity contribution in [1.82, 2.24) is 0 Å². The van der Waals surface area contributed by atoms with Crippen LogP contribution in [0.15, 0.2) is 10.5 Å². The predicted molar refractivity (Wildman–Crippen MR) is 54.8 cm³/mol. The van der Waals surface area contributed by atoms with Crippen molar-refractivity contribution in [2.24, 2.45) is 0 Å². The highest BCUT2D eigenvalue weighted by Crippen LogP contribution is 2.30. The molecule has 0 bridgehead atoms. The molecule has 0 aliphatic carbocycles. The van der Waals surface area contributed by atoms with Crippen molar-refractivity contribution in [3.05, 3.63) is 33.3 Å². The molecule has 0 aromatic heterocycles. The summed E-state index contributed by atoms with van der Waals surface area (Å²) in [5.41, 5.74) is -0.194. The maximum atomic E-state index is 13.5. The summed E-state index contributed by atoms with van der Waals surface area (Å²) in [6, 6.07) is 1.28. The Morgan fingerprint density at radius 1 is 1.47 bits per heavy atom. The molecule has 82 valence electrons. The minimum atomic E-state index is -1.26. The van der Waals surface area contributed by atoms with Gasteiger partial charge in [-0.3, -0.25) is 4.79 Å². The van der Waals surface area contributed by atoms with Gasteiger partial charge in [-0.05, 0) is 41.4 Å². The molecule has 1 unspecified atom stereocenters. The molecule has 0 aliphatic heterocycles. The van der Waals surface area contributed by atoms with Gasteiger partial charge in [0.1, 0.15) is 11.6 Å². The number of carboxylic acids is 1. The van der Waals surface area contributed by atoms with Gasteiger partial charge in [-0.25, -0.2) is 8.78 Å². The van der Waals surface area contributed by atoms with Crippen LogP contribution in [0.3, 0.4) is 0 Å². The van der Waals surface area contributed by atoms with Crippen LogP contribution in [0.1, 0.15) is 24.0 Å². The number of aryl methyl sites for hydroxylation is 1. The van der Waals surface area contributed by atoms with Gasteiger partial charge < -0.3 is 5.11 Å². The van der Waals surface area contributed by atoms with E-state index in [-0.39, 0.29) is 10.0 Å². The molecule has 5 heteroatoms. The Morgan fingerprint density at radius 3 is 2.47 bits per heavy atom. The van der Waals surface area contributed by atoms with E-state index in [0.717, 1.165) is 0 Å².